The number of hydrogen-bond acceptors (Lipinski definition) is 3. The van der Waals surface area contributed by atoms with Crippen molar-refractivity contribution >= 4 is 16.8 Å². The van der Waals surface area contributed by atoms with Gasteiger partial charge in [-0.15, -0.1) is 0 Å². The van der Waals surface area contributed by atoms with E-state index in [2.05, 4.69) is 36.3 Å². The number of nitrogens with one attached hydrogen (secondary N) is 1. The molecule has 2 heterocycles. The van der Waals surface area contributed by atoms with Crippen LogP contribution in [0.1, 0.15) is 12.5 Å². The van der Waals surface area contributed by atoms with Crippen LogP contribution in [0.3, 0.4) is 0 Å². The molecule has 3 aromatic rings. The molecule has 0 fully saturated rings. The molecule has 96 valence electrons. The molecule has 0 bridgehead atoms. The van der Waals surface area contributed by atoms with Crippen molar-refractivity contribution < 1.29 is 4.42 Å². The van der Waals surface area contributed by atoms with E-state index in [1.165, 1.54) is 5.56 Å². The van der Waals surface area contributed by atoms with E-state index >= 15 is 0 Å². The van der Waals surface area contributed by atoms with Crippen LogP contribution < -0.4 is 5.32 Å². The van der Waals surface area contributed by atoms with Crippen LogP contribution in [0.15, 0.2) is 46.9 Å². The van der Waals surface area contributed by atoms with Crippen molar-refractivity contribution in [1.29, 1.82) is 0 Å². The van der Waals surface area contributed by atoms with Gasteiger partial charge >= 0.3 is 0 Å². The SMILES string of the molecule is CCNc1cccc(-c2cc3cc(C)ccc3o2)n1. The zero-order chi connectivity index (χ0) is 13.2. The van der Waals surface area contributed by atoms with Crippen molar-refractivity contribution in [1.82, 2.24) is 4.98 Å². The van der Waals surface area contributed by atoms with Crippen molar-refractivity contribution in [2.24, 2.45) is 0 Å². The molecule has 0 atom stereocenters. The van der Waals surface area contributed by atoms with E-state index in [1.54, 1.807) is 0 Å². The number of benzene rings is 1. The first-order chi connectivity index (χ1) is 9.26. The molecule has 1 N–H and O–H groups in total. The van der Waals surface area contributed by atoms with Gasteiger partial charge in [0.2, 0.25) is 0 Å². The lowest BCUT2D eigenvalue weighted by atomic mass is 10.2. The van der Waals surface area contributed by atoms with Crippen LogP contribution in [0.5, 0.6) is 0 Å². The number of aryl methyl sites for hydroxylation is 1. The van der Waals surface area contributed by atoms with Gasteiger partial charge in [-0.05, 0) is 44.2 Å². The predicted molar refractivity (Wildman–Crippen MR) is 78.3 cm³/mol. The predicted octanol–water partition coefficient (Wildman–Crippen LogP) is 4.24. The highest BCUT2D eigenvalue weighted by Gasteiger charge is 2.08. The summed E-state index contributed by atoms with van der Waals surface area (Å²) >= 11 is 0. The third kappa shape index (κ3) is 2.32. The average Bonchev–Trinajstić information content (AvgIpc) is 2.82. The Hall–Kier alpha value is -2.29. The summed E-state index contributed by atoms with van der Waals surface area (Å²) in [6, 6.07) is 14.1. The summed E-state index contributed by atoms with van der Waals surface area (Å²) in [5, 5.41) is 4.32. The minimum absolute atomic E-state index is 0.806. The second kappa shape index (κ2) is 4.76. The monoisotopic (exact) mass is 252 g/mol. The van der Waals surface area contributed by atoms with Crippen molar-refractivity contribution in [3.05, 3.63) is 48.0 Å². The van der Waals surface area contributed by atoms with Crippen LogP contribution in [-0.2, 0) is 0 Å². The Morgan fingerprint density at radius 2 is 2.05 bits per heavy atom. The first-order valence-corrected chi connectivity index (χ1v) is 6.48. The smallest absolute Gasteiger partial charge is 0.153 e. The molecular weight excluding hydrogens is 236 g/mol. The molecule has 0 amide bonds. The number of rotatable bonds is 3. The van der Waals surface area contributed by atoms with E-state index in [9.17, 15) is 0 Å². The maximum atomic E-state index is 5.85. The summed E-state index contributed by atoms with van der Waals surface area (Å²) in [7, 11) is 0. The van der Waals surface area contributed by atoms with E-state index in [-0.39, 0.29) is 0 Å². The van der Waals surface area contributed by atoms with Crippen LogP contribution >= 0.6 is 0 Å². The van der Waals surface area contributed by atoms with Gasteiger partial charge in [0.1, 0.15) is 17.1 Å². The zero-order valence-corrected chi connectivity index (χ0v) is 11.1. The minimum atomic E-state index is 0.806. The maximum Gasteiger partial charge on any atom is 0.153 e. The molecule has 3 heteroatoms. The van der Waals surface area contributed by atoms with Crippen LogP contribution in [0.4, 0.5) is 5.82 Å². The number of furan rings is 1. The average molecular weight is 252 g/mol. The second-order valence-corrected chi connectivity index (χ2v) is 4.59. The third-order valence-electron chi connectivity index (χ3n) is 3.03. The quantitative estimate of drug-likeness (QED) is 0.757. The van der Waals surface area contributed by atoms with Crippen molar-refractivity contribution in [2.45, 2.75) is 13.8 Å². The van der Waals surface area contributed by atoms with Crippen LogP contribution in [-0.4, -0.2) is 11.5 Å². The fourth-order valence-electron chi connectivity index (χ4n) is 2.14. The maximum absolute atomic E-state index is 5.85. The van der Waals surface area contributed by atoms with Gasteiger partial charge in [0.15, 0.2) is 5.76 Å². The number of hydrogen-bond donors (Lipinski definition) is 1. The third-order valence-corrected chi connectivity index (χ3v) is 3.03. The minimum Gasteiger partial charge on any atom is -0.454 e. The number of pyridine rings is 1. The molecule has 19 heavy (non-hydrogen) atoms. The van der Waals surface area contributed by atoms with Crippen molar-refractivity contribution in [3.8, 4) is 11.5 Å². The highest BCUT2D eigenvalue weighted by Crippen LogP contribution is 2.27. The lowest BCUT2D eigenvalue weighted by Crippen LogP contribution is -1.99. The Kier molecular flexibility index (Phi) is 2.95. The van der Waals surface area contributed by atoms with Gasteiger partial charge in [-0.25, -0.2) is 4.98 Å². The second-order valence-electron chi connectivity index (χ2n) is 4.59. The molecule has 0 spiro atoms. The fourth-order valence-corrected chi connectivity index (χ4v) is 2.14. The Bertz CT molecular complexity index is 716. The summed E-state index contributed by atoms with van der Waals surface area (Å²) in [5.74, 6) is 1.68. The molecule has 0 aliphatic rings. The van der Waals surface area contributed by atoms with Gasteiger partial charge in [-0.3, -0.25) is 0 Å². The Labute approximate surface area is 112 Å². The summed E-state index contributed by atoms with van der Waals surface area (Å²) < 4.78 is 5.85. The number of fused-ring (bicyclic) bond motifs is 1. The number of aromatic nitrogens is 1. The fraction of sp³-hybridized carbons (Fsp3) is 0.188. The van der Waals surface area contributed by atoms with Crippen molar-refractivity contribution in [3.63, 3.8) is 0 Å². The van der Waals surface area contributed by atoms with Gasteiger partial charge < -0.3 is 9.73 Å². The summed E-state index contributed by atoms with van der Waals surface area (Å²) in [5.41, 5.74) is 2.98. The summed E-state index contributed by atoms with van der Waals surface area (Å²) in [6.07, 6.45) is 0. The molecule has 0 saturated carbocycles. The van der Waals surface area contributed by atoms with Gasteiger partial charge in [-0.1, -0.05) is 17.7 Å². The van der Waals surface area contributed by atoms with Crippen LogP contribution in [0, 0.1) is 6.92 Å². The first-order valence-electron chi connectivity index (χ1n) is 6.48. The Balaban J connectivity index is 2.05. The summed E-state index contributed by atoms with van der Waals surface area (Å²) in [4.78, 5) is 4.55. The first kappa shape index (κ1) is 11.8. The van der Waals surface area contributed by atoms with Gasteiger partial charge in [-0.2, -0.15) is 0 Å². The molecule has 0 aliphatic heterocycles. The molecule has 0 radical (unpaired) electrons. The topological polar surface area (TPSA) is 38.1 Å². The lowest BCUT2D eigenvalue weighted by Gasteiger charge is -2.02. The summed E-state index contributed by atoms with van der Waals surface area (Å²) in [6.45, 7) is 4.99. The van der Waals surface area contributed by atoms with Crippen molar-refractivity contribution in [2.75, 3.05) is 11.9 Å². The molecular formula is C16H16N2O. The van der Waals surface area contributed by atoms with Crippen LogP contribution in [0.25, 0.3) is 22.4 Å². The van der Waals surface area contributed by atoms with Crippen LogP contribution in [0.2, 0.25) is 0 Å². The molecule has 3 nitrogen and oxygen atoms in total. The normalized spacial score (nSPS) is 10.8. The van der Waals surface area contributed by atoms with E-state index in [4.69, 9.17) is 4.42 Å². The van der Waals surface area contributed by atoms with Gasteiger partial charge in [0.05, 0.1) is 0 Å². The zero-order valence-electron chi connectivity index (χ0n) is 11.1. The lowest BCUT2D eigenvalue weighted by molar-refractivity contribution is 0.629. The molecule has 0 unspecified atom stereocenters. The molecule has 2 aromatic heterocycles. The molecule has 0 aliphatic carbocycles. The molecule has 3 rings (SSSR count). The molecule has 0 saturated heterocycles. The number of anilines is 1. The highest BCUT2D eigenvalue weighted by atomic mass is 16.3. The highest BCUT2D eigenvalue weighted by molar-refractivity contribution is 5.82. The Morgan fingerprint density at radius 3 is 2.89 bits per heavy atom. The largest absolute Gasteiger partial charge is 0.454 e. The Morgan fingerprint density at radius 1 is 1.16 bits per heavy atom. The van der Waals surface area contributed by atoms with E-state index in [0.717, 1.165) is 34.8 Å². The van der Waals surface area contributed by atoms with E-state index < -0.39 is 0 Å². The van der Waals surface area contributed by atoms with Gasteiger partial charge in [0, 0.05) is 11.9 Å². The standard InChI is InChI=1S/C16H16N2O/c1-3-17-16-6-4-5-13(18-16)15-10-12-9-11(2)7-8-14(12)19-15/h4-10H,3H2,1-2H3,(H,17,18). The number of nitrogens with zero attached hydrogens (tertiary/aromatic N) is 1. The van der Waals surface area contributed by atoms with E-state index in [1.807, 2.05) is 30.3 Å². The van der Waals surface area contributed by atoms with Gasteiger partial charge in [0.25, 0.3) is 0 Å². The molecule has 1 aromatic carbocycles. The van der Waals surface area contributed by atoms with E-state index in [0.29, 0.717) is 0 Å².